The van der Waals surface area contributed by atoms with E-state index in [0.29, 0.717) is 22.4 Å². The van der Waals surface area contributed by atoms with E-state index in [-0.39, 0.29) is 6.61 Å². The predicted octanol–water partition coefficient (Wildman–Crippen LogP) is 2.25. The van der Waals surface area contributed by atoms with Gasteiger partial charge in [0.25, 0.3) is 0 Å². The van der Waals surface area contributed by atoms with Gasteiger partial charge in [0, 0.05) is 0 Å². The highest BCUT2D eigenvalue weighted by atomic mass is 35.5. The molecule has 6 heteroatoms. The van der Waals surface area contributed by atoms with Crippen LogP contribution in [-0.2, 0) is 0 Å². The van der Waals surface area contributed by atoms with Crippen LogP contribution >= 0.6 is 11.6 Å². The van der Waals surface area contributed by atoms with Crippen LogP contribution in [0.15, 0.2) is 30.3 Å². The Bertz CT molecular complexity index is 584. The molecule has 0 spiro atoms. The second kappa shape index (κ2) is 6.85. The van der Waals surface area contributed by atoms with E-state index in [1.165, 1.54) is 0 Å². The van der Waals surface area contributed by atoms with E-state index in [9.17, 15) is 10.2 Å². The topological polar surface area (TPSA) is 78.3 Å². The minimum Gasteiger partial charge on any atom is -0.394 e. The van der Waals surface area contributed by atoms with Crippen LogP contribution in [0.2, 0.25) is 5.02 Å². The normalized spacial score (nSPS) is 13.8. The van der Waals surface area contributed by atoms with Crippen molar-refractivity contribution in [2.75, 3.05) is 11.9 Å². The van der Waals surface area contributed by atoms with Gasteiger partial charge in [-0.2, -0.15) is 0 Å². The van der Waals surface area contributed by atoms with Crippen molar-refractivity contribution in [1.82, 2.24) is 9.97 Å². The van der Waals surface area contributed by atoms with Gasteiger partial charge in [-0.05, 0) is 19.4 Å². The number of nitrogens with zero attached hydrogens (tertiary/aromatic N) is 2. The van der Waals surface area contributed by atoms with Gasteiger partial charge in [0.1, 0.15) is 6.10 Å². The highest BCUT2D eigenvalue weighted by Crippen LogP contribution is 2.23. The standard InChI is InChI=1S/C15H18ClN3O2/c1-9-13(16)10(2)18-15(17-9)19-14(12(21)8-20)11-6-4-3-5-7-11/h3-7,12,14,20-21H,8H2,1-2H3,(H,17,18,19)/t12-,14-/m0/s1. The zero-order valence-corrected chi connectivity index (χ0v) is 12.7. The van der Waals surface area contributed by atoms with Gasteiger partial charge in [0.2, 0.25) is 5.95 Å². The van der Waals surface area contributed by atoms with Crippen molar-refractivity contribution in [2.24, 2.45) is 0 Å². The summed E-state index contributed by atoms with van der Waals surface area (Å²) in [5.74, 6) is 0.371. The molecule has 3 N–H and O–H groups in total. The Morgan fingerprint density at radius 3 is 2.24 bits per heavy atom. The van der Waals surface area contributed by atoms with Crippen molar-refractivity contribution in [2.45, 2.75) is 26.0 Å². The fourth-order valence-electron chi connectivity index (χ4n) is 2.07. The average molecular weight is 308 g/mol. The zero-order valence-electron chi connectivity index (χ0n) is 11.9. The quantitative estimate of drug-likeness (QED) is 0.789. The monoisotopic (exact) mass is 307 g/mol. The fourth-order valence-corrected chi connectivity index (χ4v) is 2.16. The summed E-state index contributed by atoms with van der Waals surface area (Å²) in [5, 5.41) is 22.9. The molecule has 0 saturated carbocycles. The van der Waals surface area contributed by atoms with Crippen LogP contribution in [0.25, 0.3) is 0 Å². The van der Waals surface area contributed by atoms with Crippen molar-refractivity contribution >= 4 is 17.5 Å². The summed E-state index contributed by atoms with van der Waals surface area (Å²) >= 11 is 6.05. The summed E-state index contributed by atoms with van der Waals surface area (Å²) in [5.41, 5.74) is 2.17. The lowest BCUT2D eigenvalue weighted by Gasteiger charge is -2.23. The number of anilines is 1. The third-order valence-corrected chi connectivity index (χ3v) is 3.74. The molecule has 0 fully saturated rings. The van der Waals surface area contributed by atoms with Crippen LogP contribution < -0.4 is 5.32 Å². The summed E-state index contributed by atoms with van der Waals surface area (Å²) in [6, 6.07) is 8.86. The van der Waals surface area contributed by atoms with E-state index >= 15 is 0 Å². The number of aliphatic hydroxyl groups is 2. The maximum Gasteiger partial charge on any atom is 0.223 e. The number of aryl methyl sites for hydroxylation is 2. The SMILES string of the molecule is Cc1nc(N[C@@H](c2ccccc2)[C@@H](O)CO)nc(C)c1Cl. The molecule has 112 valence electrons. The number of halogens is 1. The molecular weight excluding hydrogens is 290 g/mol. The Morgan fingerprint density at radius 1 is 1.14 bits per heavy atom. The van der Waals surface area contributed by atoms with E-state index in [1.54, 1.807) is 13.8 Å². The second-order valence-corrected chi connectivity index (χ2v) is 5.19. The van der Waals surface area contributed by atoms with E-state index in [0.717, 1.165) is 5.56 Å². The van der Waals surface area contributed by atoms with Crippen LogP contribution in [0.4, 0.5) is 5.95 Å². The maximum atomic E-state index is 10.0. The molecule has 0 unspecified atom stereocenters. The van der Waals surface area contributed by atoms with E-state index in [2.05, 4.69) is 15.3 Å². The lowest BCUT2D eigenvalue weighted by molar-refractivity contribution is 0.0792. The lowest BCUT2D eigenvalue weighted by Crippen LogP contribution is -2.29. The first-order chi connectivity index (χ1) is 10.0. The fraction of sp³-hybridized carbons (Fsp3) is 0.333. The van der Waals surface area contributed by atoms with Crippen LogP contribution in [0.5, 0.6) is 0 Å². The third-order valence-electron chi connectivity index (χ3n) is 3.20. The molecule has 5 nitrogen and oxygen atoms in total. The van der Waals surface area contributed by atoms with Gasteiger partial charge in [-0.1, -0.05) is 41.9 Å². The molecule has 2 aromatic rings. The minimum absolute atomic E-state index is 0.363. The highest BCUT2D eigenvalue weighted by Gasteiger charge is 2.21. The van der Waals surface area contributed by atoms with Crippen LogP contribution in [0.1, 0.15) is 23.0 Å². The first kappa shape index (κ1) is 15.7. The third kappa shape index (κ3) is 3.69. The minimum atomic E-state index is -0.965. The maximum absolute atomic E-state index is 10.0. The Morgan fingerprint density at radius 2 is 1.71 bits per heavy atom. The molecule has 0 aliphatic carbocycles. The largest absolute Gasteiger partial charge is 0.394 e. The van der Waals surface area contributed by atoms with E-state index < -0.39 is 12.1 Å². The summed E-state index contributed by atoms with van der Waals surface area (Å²) in [7, 11) is 0. The number of benzene rings is 1. The van der Waals surface area contributed by atoms with Gasteiger partial charge in [-0.15, -0.1) is 0 Å². The highest BCUT2D eigenvalue weighted by molar-refractivity contribution is 6.31. The number of hydrogen-bond donors (Lipinski definition) is 3. The molecule has 0 amide bonds. The Labute approximate surface area is 128 Å². The summed E-state index contributed by atoms with van der Waals surface area (Å²) < 4.78 is 0. The van der Waals surface area contributed by atoms with Crippen molar-refractivity contribution in [1.29, 1.82) is 0 Å². The van der Waals surface area contributed by atoms with Gasteiger partial charge in [-0.25, -0.2) is 9.97 Å². The predicted molar refractivity (Wildman–Crippen MR) is 82.4 cm³/mol. The molecule has 1 aromatic carbocycles. The van der Waals surface area contributed by atoms with Gasteiger partial charge in [0.05, 0.1) is 29.1 Å². The Kier molecular flexibility index (Phi) is 5.12. The Balaban J connectivity index is 2.32. The van der Waals surface area contributed by atoms with Crippen LogP contribution in [0, 0.1) is 13.8 Å². The second-order valence-electron chi connectivity index (χ2n) is 4.81. The molecular formula is C15H18ClN3O2. The van der Waals surface area contributed by atoms with Gasteiger partial charge in [-0.3, -0.25) is 0 Å². The van der Waals surface area contributed by atoms with E-state index in [4.69, 9.17) is 11.6 Å². The van der Waals surface area contributed by atoms with Gasteiger partial charge in [0.15, 0.2) is 0 Å². The van der Waals surface area contributed by atoms with Gasteiger partial charge < -0.3 is 15.5 Å². The molecule has 21 heavy (non-hydrogen) atoms. The summed E-state index contributed by atoms with van der Waals surface area (Å²) in [6.45, 7) is 3.22. The zero-order chi connectivity index (χ0) is 15.4. The molecule has 1 aromatic heterocycles. The van der Waals surface area contributed by atoms with Gasteiger partial charge >= 0.3 is 0 Å². The first-order valence-corrected chi connectivity index (χ1v) is 7.02. The van der Waals surface area contributed by atoms with Crippen LogP contribution in [-0.4, -0.2) is 32.9 Å². The first-order valence-electron chi connectivity index (χ1n) is 6.64. The number of rotatable bonds is 5. The van der Waals surface area contributed by atoms with Crippen LogP contribution in [0.3, 0.4) is 0 Å². The lowest BCUT2D eigenvalue weighted by atomic mass is 10.0. The molecule has 2 atom stereocenters. The van der Waals surface area contributed by atoms with Crippen molar-refractivity contribution < 1.29 is 10.2 Å². The number of aromatic nitrogens is 2. The van der Waals surface area contributed by atoms with Crippen molar-refractivity contribution in [3.63, 3.8) is 0 Å². The number of hydrogen-bond acceptors (Lipinski definition) is 5. The molecule has 0 bridgehead atoms. The van der Waals surface area contributed by atoms with E-state index in [1.807, 2.05) is 30.3 Å². The summed E-state index contributed by atoms with van der Waals surface area (Å²) in [4.78, 5) is 8.54. The van der Waals surface area contributed by atoms with Crippen molar-refractivity contribution in [3.05, 3.63) is 52.3 Å². The average Bonchev–Trinajstić information content (AvgIpc) is 2.50. The summed E-state index contributed by atoms with van der Waals surface area (Å²) in [6.07, 6.45) is -0.965. The number of nitrogens with one attached hydrogen (secondary N) is 1. The molecule has 1 heterocycles. The molecule has 0 radical (unpaired) electrons. The molecule has 0 aliphatic heterocycles. The van der Waals surface area contributed by atoms with Crippen molar-refractivity contribution in [3.8, 4) is 0 Å². The smallest absolute Gasteiger partial charge is 0.223 e. The Hall–Kier alpha value is -1.69. The molecule has 2 rings (SSSR count). The molecule has 0 aliphatic rings. The molecule has 0 saturated heterocycles. The number of aliphatic hydroxyl groups excluding tert-OH is 2.